The van der Waals surface area contributed by atoms with Crippen molar-refractivity contribution in [1.82, 2.24) is 20.2 Å². The summed E-state index contributed by atoms with van der Waals surface area (Å²) < 4.78 is 6.39. The van der Waals surface area contributed by atoms with E-state index in [4.69, 9.17) is 9.40 Å². The number of thiophene rings is 1. The van der Waals surface area contributed by atoms with Crippen molar-refractivity contribution in [2.24, 2.45) is 0 Å². The molecule has 0 radical (unpaired) electrons. The number of furan rings is 1. The van der Waals surface area contributed by atoms with Gasteiger partial charge in [-0.1, -0.05) is 0 Å². The highest BCUT2D eigenvalue weighted by atomic mass is 32.1. The molecule has 4 aromatic rings. The lowest BCUT2D eigenvalue weighted by Gasteiger charge is -2.26. The Kier molecular flexibility index (Phi) is 4.42. The molecule has 1 aromatic carbocycles. The fourth-order valence-electron chi connectivity index (χ4n) is 3.40. The summed E-state index contributed by atoms with van der Waals surface area (Å²) in [7, 11) is 0. The fourth-order valence-corrected chi connectivity index (χ4v) is 4.43. The topological polar surface area (TPSA) is 83.3 Å². The molecule has 2 N–H and O–H groups in total. The fraction of sp³-hybridized carbons (Fsp3) is 0.250. The third-order valence-electron chi connectivity index (χ3n) is 4.86. The number of carbonyl (C=O) groups is 1. The SMILES string of the molecule is O=C(c1cc2c(ccc3cnc(NCc4ccco4)nc32)s1)N1CCNCC1. The second-order valence-corrected chi connectivity index (χ2v) is 7.78. The first kappa shape index (κ1) is 17.2. The molecule has 0 atom stereocenters. The van der Waals surface area contributed by atoms with Gasteiger partial charge < -0.3 is 20.0 Å². The number of fused-ring (bicyclic) bond motifs is 3. The number of hydrogen-bond donors (Lipinski definition) is 2. The van der Waals surface area contributed by atoms with Crippen LogP contribution in [0.3, 0.4) is 0 Å². The second kappa shape index (κ2) is 7.21. The summed E-state index contributed by atoms with van der Waals surface area (Å²) in [5.41, 5.74) is 0.852. The Bertz CT molecular complexity index is 1130. The highest BCUT2D eigenvalue weighted by molar-refractivity contribution is 7.21. The average molecular weight is 393 g/mol. The highest BCUT2D eigenvalue weighted by Crippen LogP contribution is 2.32. The lowest BCUT2D eigenvalue weighted by Crippen LogP contribution is -2.46. The van der Waals surface area contributed by atoms with E-state index in [-0.39, 0.29) is 5.91 Å². The lowest BCUT2D eigenvalue weighted by atomic mass is 10.1. The van der Waals surface area contributed by atoms with Crippen LogP contribution >= 0.6 is 11.3 Å². The van der Waals surface area contributed by atoms with Crippen molar-refractivity contribution < 1.29 is 9.21 Å². The molecule has 1 saturated heterocycles. The van der Waals surface area contributed by atoms with Gasteiger partial charge in [-0.05, 0) is 30.3 Å². The minimum absolute atomic E-state index is 0.0982. The van der Waals surface area contributed by atoms with Crippen LogP contribution in [0.1, 0.15) is 15.4 Å². The second-order valence-electron chi connectivity index (χ2n) is 6.69. The number of benzene rings is 1. The number of aromatic nitrogens is 2. The first-order chi connectivity index (χ1) is 13.8. The van der Waals surface area contributed by atoms with Crippen LogP contribution in [0, 0.1) is 0 Å². The van der Waals surface area contributed by atoms with Crippen LogP contribution < -0.4 is 10.6 Å². The van der Waals surface area contributed by atoms with E-state index in [1.54, 1.807) is 6.26 Å². The normalized spacial score (nSPS) is 14.6. The summed E-state index contributed by atoms with van der Waals surface area (Å²) >= 11 is 1.52. The molecule has 1 fully saturated rings. The van der Waals surface area contributed by atoms with Crippen molar-refractivity contribution in [3.05, 3.63) is 53.4 Å². The molecule has 0 bridgehead atoms. The van der Waals surface area contributed by atoms with E-state index < -0.39 is 0 Å². The Balaban J connectivity index is 1.48. The van der Waals surface area contributed by atoms with Crippen LogP contribution in [-0.4, -0.2) is 47.0 Å². The smallest absolute Gasteiger partial charge is 0.264 e. The number of nitrogens with one attached hydrogen (secondary N) is 2. The van der Waals surface area contributed by atoms with E-state index >= 15 is 0 Å². The van der Waals surface area contributed by atoms with E-state index in [1.165, 1.54) is 11.3 Å². The van der Waals surface area contributed by atoms with Gasteiger partial charge >= 0.3 is 0 Å². The number of hydrogen-bond acceptors (Lipinski definition) is 7. The van der Waals surface area contributed by atoms with Crippen LogP contribution in [-0.2, 0) is 6.54 Å². The van der Waals surface area contributed by atoms with Gasteiger partial charge in [-0.15, -0.1) is 11.3 Å². The molecule has 1 aliphatic heterocycles. The van der Waals surface area contributed by atoms with Gasteiger partial charge in [0.05, 0.1) is 23.2 Å². The zero-order valence-corrected chi connectivity index (χ0v) is 16.0. The first-order valence-electron chi connectivity index (χ1n) is 9.23. The predicted octanol–water partition coefficient (Wildman–Crippen LogP) is 3.10. The maximum atomic E-state index is 12.9. The highest BCUT2D eigenvalue weighted by Gasteiger charge is 2.20. The van der Waals surface area contributed by atoms with Gasteiger partial charge in [0.25, 0.3) is 5.91 Å². The van der Waals surface area contributed by atoms with E-state index in [0.29, 0.717) is 12.5 Å². The van der Waals surface area contributed by atoms with Crippen molar-refractivity contribution >= 4 is 44.2 Å². The lowest BCUT2D eigenvalue weighted by molar-refractivity contribution is 0.0741. The standard InChI is InChI=1S/C20H19N5O2S/c26-19(25-7-5-21-6-8-25)17-10-15-16(28-17)4-3-13-11-22-20(24-18(13)15)23-12-14-2-1-9-27-14/h1-4,9-11,21H,5-8,12H2,(H,22,23,24). The number of rotatable bonds is 4. The largest absolute Gasteiger partial charge is 0.467 e. The average Bonchev–Trinajstić information content (AvgIpc) is 3.42. The van der Waals surface area contributed by atoms with Gasteiger partial charge in [0.15, 0.2) is 0 Å². The molecule has 0 spiro atoms. The predicted molar refractivity (Wildman–Crippen MR) is 110 cm³/mol. The Morgan fingerprint density at radius 3 is 3.00 bits per heavy atom. The monoisotopic (exact) mass is 393 g/mol. The van der Waals surface area contributed by atoms with Crippen molar-refractivity contribution in [2.75, 3.05) is 31.5 Å². The Hall–Kier alpha value is -2.97. The maximum absolute atomic E-state index is 12.9. The molecule has 142 valence electrons. The molecule has 1 aliphatic rings. The third kappa shape index (κ3) is 3.21. The summed E-state index contributed by atoms with van der Waals surface area (Å²) in [4.78, 5) is 24.6. The number of nitrogens with zero attached hydrogens (tertiary/aromatic N) is 3. The molecular formula is C20H19N5O2S. The van der Waals surface area contributed by atoms with Crippen LogP contribution in [0.2, 0.25) is 0 Å². The summed E-state index contributed by atoms with van der Waals surface area (Å²) in [6.07, 6.45) is 3.45. The van der Waals surface area contributed by atoms with Gasteiger partial charge in [-0.3, -0.25) is 4.79 Å². The summed E-state index contributed by atoms with van der Waals surface area (Å²) in [5, 5.41) is 8.41. The quantitative estimate of drug-likeness (QED) is 0.554. The van der Waals surface area contributed by atoms with Crippen molar-refractivity contribution in [1.29, 1.82) is 0 Å². The van der Waals surface area contributed by atoms with E-state index in [2.05, 4.69) is 15.6 Å². The Morgan fingerprint density at radius 2 is 2.18 bits per heavy atom. The van der Waals surface area contributed by atoms with Crippen LogP contribution in [0.5, 0.6) is 0 Å². The van der Waals surface area contributed by atoms with E-state index in [1.807, 2.05) is 41.4 Å². The van der Waals surface area contributed by atoms with Crippen molar-refractivity contribution in [3.8, 4) is 0 Å². The Morgan fingerprint density at radius 1 is 1.29 bits per heavy atom. The molecule has 5 rings (SSSR count). The number of piperazine rings is 1. The molecule has 0 unspecified atom stereocenters. The van der Waals surface area contributed by atoms with Gasteiger partial charge in [0, 0.05) is 47.8 Å². The van der Waals surface area contributed by atoms with Crippen LogP contribution in [0.15, 0.2) is 47.2 Å². The Labute approximate surface area is 165 Å². The minimum Gasteiger partial charge on any atom is -0.467 e. The van der Waals surface area contributed by atoms with Gasteiger partial charge in [-0.25, -0.2) is 9.97 Å². The number of amides is 1. The van der Waals surface area contributed by atoms with E-state index in [0.717, 1.165) is 57.8 Å². The minimum atomic E-state index is 0.0982. The summed E-state index contributed by atoms with van der Waals surface area (Å²) in [6.45, 7) is 3.70. The molecule has 28 heavy (non-hydrogen) atoms. The number of anilines is 1. The summed E-state index contributed by atoms with van der Waals surface area (Å²) in [6, 6.07) is 9.76. The molecule has 8 heteroatoms. The molecule has 0 aliphatic carbocycles. The molecule has 3 aromatic heterocycles. The first-order valence-corrected chi connectivity index (χ1v) is 10.1. The summed E-state index contributed by atoms with van der Waals surface area (Å²) in [5.74, 6) is 1.46. The van der Waals surface area contributed by atoms with Gasteiger partial charge in [0.2, 0.25) is 5.95 Å². The van der Waals surface area contributed by atoms with Crippen LogP contribution in [0.4, 0.5) is 5.95 Å². The molecule has 0 saturated carbocycles. The maximum Gasteiger partial charge on any atom is 0.264 e. The molecule has 7 nitrogen and oxygen atoms in total. The van der Waals surface area contributed by atoms with Gasteiger partial charge in [0.1, 0.15) is 5.76 Å². The van der Waals surface area contributed by atoms with Crippen molar-refractivity contribution in [2.45, 2.75) is 6.54 Å². The molecule has 1 amide bonds. The molecule has 4 heterocycles. The number of carbonyl (C=O) groups excluding carboxylic acids is 1. The van der Waals surface area contributed by atoms with Gasteiger partial charge in [-0.2, -0.15) is 0 Å². The van der Waals surface area contributed by atoms with E-state index in [9.17, 15) is 4.79 Å². The molecular weight excluding hydrogens is 374 g/mol. The third-order valence-corrected chi connectivity index (χ3v) is 5.95. The van der Waals surface area contributed by atoms with Crippen LogP contribution in [0.25, 0.3) is 21.0 Å². The zero-order valence-electron chi connectivity index (χ0n) is 15.1. The zero-order chi connectivity index (χ0) is 18.9. The van der Waals surface area contributed by atoms with Crippen molar-refractivity contribution in [3.63, 3.8) is 0 Å².